The lowest BCUT2D eigenvalue weighted by atomic mass is 10.0. The van der Waals surface area contributed by atoms with Gasteiger partial charge in [-0.3, -0.25) is 0 Å². The Morgan fingerprint density at radius 3 is 2.73 bits per heavy atom. The largest absolute Gasteiger partial charge is 0.454 e. The van der Waals surface area contributed by atoms with Gasteiger partial charge < -0.3 is 18.9 Å². The summed E-state index contributed by atoms with van der Waals surface area (Å²) >= 11 is 0. The van der Waals surface area contributed by atoms with Gasteiger partial charge in [-0.15, -0.1) is 0 Å². The van der Waals surface area contributed by atoms with E-state index in [0.717, 1.165) is 30.1 Å². The van der Waals surface area contributed by atoms with E-state index in [2.05, 4.69) is 13.8 Å². The highest BCUT2D eigenvalue weighted by molar-refractivity contribution is 5.44. The smallest absolute Gasteiger partial charge is 0.231 e. The molecule has 4 nitrogen and oxygen atoms in total. The van der Waals surface area contributed by atoms with E-state index in [9.17, 15) is 0 Å². The first-order valence-electron chi connectivity index (χ1n) is 8.34. The zero-order valence-electron chi connectivity index (χ0n) is 14.0. The number of unbranched alkanes of at least 4 members (excludes halogenated alkanes) is 1. The van der Waals surface area contributed by atoms with Crippen molar-refractivity contribution in [3.63, 3.8) is 0 Å². The van der Waals surface area contributed by atoms with Crippen LogP contribution in [-0.2, 0) is 16.1 Å². The maximum Gasteiger partial charge on any atom is 0.231 e. The van der Waals surface area contributed by atoms with Crippen LogP contribution in [0.3, 0.4) is 0 Å². The summed E-state index contributed by atoms with van der Waals surface area (Å²) < 4.78 is 22.3. The molecule has 1 heterocycles. The number of hydrogen-bond acceptors (Lipinski definition) is 4. The van der Waals surface area contributed by atoms with Crippen LogP contribution in [0.2, 0.25) is 0 Å². The summed E-state index contributed by atoms with van der Waals surface area (Å²) in [7, 11) is 0. The molecule has 1 aromatic rings. The second-order valence-electron chi connectivity index (χ2n) is 5.82. The van der Waals surface area contributed by atoms with E-state index in [-0.39, 0.29) is 6.29 Å². The molecule has 0 saturated carbocycles. The first-order valence-corrected chi connectivity index (χ1v) is 8.34. The van der Waals surface area contributed by atoms with E-state index < -0.39 is 0 Å². The van der Waals surface area contributed by atoms with Crippen molar-refractivity contribution in [3.8, 4) is 11.5 Å². The zero-order valence-corrected chi connectivity index (χ0v) is 14.0. The summed E-state index contributed by atoms with van der Waals surface area (Å²) in [5.74, 6) is 2.23. The van der Waals surface area contributed by atoms with Crippen LogP contribution in [0.25, 0.3) is 0 Å². The molecule has 2 rings (SSSR count). The minimum atomic E-state index is -0.193. The second kappa shape index (κ2) is 9.01. The van der Waals surface area contributed by atoms with Gasteiger partial charge in [-0.05, 0) is 37.0 Å². The summed E-state index contributed by atoms with van der Waals surface area (Å²) in [5.41, 5.74) is 1.07. The third-order valence-electron chi connectivity index (χ3n) is 4.03. The molecule has 0 aliphatic carbocycles. The molecule has 0 radical (unpaired) electrons. The third kappa shape index (κ3) is 5.18. The minimum Gasteiger partial charge on any atom is -0.454 e. The highest BCUT2D eigenvalue weighted by atomic mass is 16.7. The van der Waals surface area contributed by atoms with Crippen molar-refractivity contribution in [2.75, 3.05) is 13.4 Å². The van der Waals surface area contributed by atoms with Gasteiger partial charge in [0.1, 0.15) is 0 Å². The fourth-order valence-electron chi connectivity index (χ4n) is 2.46. The number of hydrogen-bond donors (Lipinski definition) is 0. The lowest BCUT2D eigenvalue weighted by molar-refractivity contribution is -0.146. The molecule has 2 unspecified atom stereocenters. The Morgan fingerprint density at radius 1 is 1.14 bits per heavy atom. The van der Waals surface area contributed by atoms with E-state index in [0.29, 0.717) is 19.3 Å². The normalized spacial score (nSPS) is 15.8. The predicted octanol–water partition coefficient (Wildman–Crippen LogP) is 4.51. The molecule has 0 spiro atoms. The highest BCUT2D eigenvalue weighted by Gasteiger charge is 2.14. The van der Waals surface area contributed by atoms with Gasteiger partial charge in [0.2, 0.25) is 6.79 Å². The zero-order chi connectivity index (χ0) is 15.8. The van der Waals surface area contributed by atoms with Crippen LogP contribution in [0.4, 0.5) is 0 Å². The molecule has 0 N–H and O–H groups in total. The van der Waals surface area contributed by atoms with Crippen LogP contribution >= 0.6 is 0 Å². The fraction of sp³-hybridized carbons (Fsp3) is 0.667. The molecular weight excluding hydrogens is 280 g/mol. The summed E-state index contributed by atoms with van der Waals surface area (Å²) in [5, 5.41) is 0. The summed E-state index contributed by atoms with van der Waals surface area (Å²) in [4.78, 5) is 0. The Hall–Kier alpha value is -1.26. The van der Waals surface area contributed by atoms with Gasteiger partial charge in [0.25, 0.3) is 0 Å². The molecule has 1 aliphatic heterocycles. The minimum absolute atomic E-state index is 0.193. The van der Waals surface area contributed by atoms with E-state index >= 15 is 0 Å². The van der Waals surface area contributed by atoms with Crippen LogP contribution in [0.5, 0.6) is 11.5 Å². The lowest BCUT2D eigenvalue weighted by Gasteiger charge is -2.19. The average molecular weight is 308 g/mol. The van der Waals surface area contributed by atoms with Gasteiger partial charge in [0.15, 0.2) is 17.8 Å². The Balaban J connectivity index is 1.69. The van der Waals surface area contributed by atoms with Crippen molar-refractivity contribution < 1.29 is 18.9 Å². The molecule has 2 atom stereocenters. The molecule has 0 bridgehead atoms. The SMILES string of the molecule is CCCCC(CC)COC(C)OCc1ccc2c(c1)OCO2. The van der Waals surface area contributed by atoms with Crippen molar-refractivity contribution >= 4 is 0 Å². The van der Waals surface area contributed by atoms with Crippen LogP contribution in [-0.4, -0.2) is 19.7 Å². The molecule has 1 aromatic carbocycles. The van der Waals surface area contributed by atoms with E-state index in [4.69, 9.17) is 18.9 Å². The molecule has 1 aliphatic rings. The van der Waals surface area contributed by atoms with Crippen LogP contribution in [0.1, 0.15) is 52.0 Å². The van der Waals surface area contributed by atoms with Crippen molar-refractivity contribution in [3.05, 3.63) is 23.8 Å². The molecule has 124 valence electrons. The molecule has 0 aromatic heterocycles. The fourth-order valence-corrected chi connectivity index (χ4v) is 2.46. The number of ether oxygens (including phenoxy) is 4. The maximum atomic E-state index is 5.83. The average Bonchev–Trinajstić information content (AvgIpc) is 3.00. The Kier molecular flexibility index (Phi) is 7.00. The quantitative estimate of drug-likeness (QED) is 0.596. The third-order valence-corrected chi connectivity index (χ3v) is 4.03. The highest BCUT2D eigenvalue weighted by Crippen LogP contribution is 2.32. The van der Waals surface area contributed by atoms with E-state index in [1.807, 2.05) is 25.1 Å². The molecule has 0 fully saturated rings. The molecular formula is C18H28O4. The first kappa shape index (κ1) is 17.1. The van der Waals surface area contributed by atoms with Gasteiger partial charge in [-0.1, -0.05) is 39.2 Å². The maximum absolute atomic E-state index is 5.83. The van der Waals surface area contributed by atoms with E-state index in [1.165, 1.54) is 19.3 Å². The Morgan fingerprint density at radius 2 is 1.95 bits per heavy atom. The van der Waals surface area contributed by atoms with Gasteiger partial charge in [-0.25, -0.2) is 0 Å². The van der Waals surface area contributed by atoms with Crippen molar-refractivity contribution in [1.29, 1.82) is 0 Å². The van der Waals surface area contributed by atoms with Gasteiger partial charge >= 0.3 is 0 Å². The van der Waals surface area contributed by atoms with Gasteiger partial charge in [0, 0.05) is 0 Å². The summed E-state index contributed by atoms with van der Waals surface area (Å²) in [6.45, 7) is 8.00. The molecule has 22 heavy (non-hydrogen) atoms. The summed E-state index contributed by atoms with van der Waals surface area (Å²) in [6.07, 6.45) is 4.72. The van der Waals surface area contributed by atoms with Gasteiger partial charge in [0.05, 0.1) is 13.2 Å². The Bertz CT molecular complexity index is 447. The van der Waals surface area contributed by atoms with Crippen LogP contribution in [0.15, 0.2) is 18.2 Å². The van der Waals surface area contributed by atoms with Crippen LogP contribution < -0.4 is 9.47 Å². The number of rotatable bonds is 10. The number of fused-ring (bicyclic) bond motifs is 1. The standard InChI is InChI=1S/C18H28O4/c1-4-6-7-15(5-2)11-19-14(3)20-12-16-8-9-17-18(10-16)22-13-21-17/h8-10,14-15H,4-7,11-13H2,1-3H3. The molecule has 0 saturated heterocycles. The van der Waals surface area contributed by atoms with Crippen molar-refractivity contribution in [1.82, 2.24) is 0 Å². The van der Waals surface area contributed by atoms with Gasteiger partial charge in [-0.2, -0.15) is 0 Å². The number of benzene rings is 1. The van der Waals surface area contributed by atoms with Crippen LogP contribution in [0, 0.1) is 5.92 Å². The summed E-state index contributed by atoms with van der Waals surface area (Å²) in [6, 6.07) is 5.88. The monoisotopic (exact) mass is 308 g/mol. The topological polar surface area (TPSA) is 36.9 Å². The van der Waals surface area contributed by atoms with Crippen molar-refractivity contribution in [2.45, 2.75) is 59.4 Å². The van der Waals surface area contributed by atoms with Crippen molar-refractivity contribution in [2.24, 2.45) is 5.92 Å². The second-order valence-corrected chi connectivity index (χ2v) is 5.82. The molecule has 0 amide bonds. The predicted molar refractivity (Wildman–Crippen MR) is 86.1 cm³/mol. The Labute approximate surface area is 133 Å². The first-order chi connectivity index (χ1) is 10.7. The lowest BCUT2D eigenvalue weighted by Crippen LogP contribution is -2.18. The molecule has 4 heteroatoms. The van der Waals surface area contributed by atoms with E-state index in [1.54, 1.807) is 0 Å².